The van der Waals surface area contributed by atoms with E-state index < -0.39 is 11.9 Å². The number of rotatable bonds is 13. The highest BCUT2D eigenvalue weighted by Crippen LogP contribution is 2.41. The Morgan fingerprint density at radius 2 is 1.22 bits per heavy atom. The van der Waals surface area contributed by atoms with Crippen LogP contribution >= 0.6 is 0 Å². The van der Waals surface area contributed by atoms with Crippen LogP contribution in [0.2, 0.25) is 0 Å². The quantitative estimate of drug-likeness (QED) is 0.0896. The van der Waals surface area contributed by atoms with Crippen molar-refractivity contribution in [3.8, 4) is 5.75 Å². The molecule has 0 fully saturated rings. The molecule has 1 aromatic carbocycles. The molecule has 2 aliphatic rings. The number of hydrogen-bond donors (Lipinski definition) is 0. The van der Waals surface area contributed by atoms with Crippen LogP contribution in [0, 0.1) is 10.8 Å². The van der Waals surface area contributed by atoms with E-state index in [1.807, 2.05) is 50.3 Å². The standard InChI is InChI=1S/C47H60O4/c1-34(25-27-41-38(5)21-15-30-46(41,7)8)17-13-19-36(3)29-32-50-45(49)40-23-11-12-24-43(40)51-44(48)33-37(4)20-14-18-35(2)26-28-42-39(6)22-16-31-47(42,9)10/h11-14,17-20,23-29,33H,15-16,21-22,30-32H2,1-10H3/b19-13+,20-14+,27-25+,28-26+,34-17+,35-18+,36-29+,37-33+. The van der Waals surface area contributed by atoms with Gasteiger partial charge in [-0.25, -0.2) is 9.59 Å². The van der Waals surface area contributed by atoms with Crippen LogP contribution in [0.5, 0.6) is 5.75 Å². The highest BCUT2D eigenvalue weighted by molar-refractivity contribution is 5.94. The molecule has 0 saturated heterocycles. The molecule has 0 radical (unpaired) electrons. The van der Waals surface area contributed by atoms with Crippen LogP contribution in [-0.4, -0.2) is 18.5 Å². The predicted octanol–water partition coefficient (Wildman–Crippen LogP) is 12.8. The molecule has 51 heavy (non-hydrogen) atoms. The van der Waals surface area contributed by atoms with Gasteiger partial charge in [-0.2, -0.15) is 0 Å². The SMILES string of the molecule is CC1=C(/C=C/C(C)=C/C=C/C(C)=C/COC(=O)c2ccccc2OC(=O)/C=C(C)/C=C/C=C(C)/C=C/C2=C(C)CCCC2(C)C)C(C)(C)CCC1. The smallest absolute Gasteiger partial charge is 0.342 e. The second-order valence-corrected chi connectivity index (χ2v) is 15.4. The first-order valence-corrected chi connectivity index (χ1v) is 18.4. The summed E-state index contributed by atoms with van der Waals surface area (Å²) in [4.78, 5) is 25.7. The van der Waals surface area contributed by atoms with Crippen LogP contribution in [0.3, 0.4) is 0 Å². The van der Waals surface area contributed by atoms with Gasteiger partial charge in [0, 0.05) is 6.08 Å². The van der Waals surface area contributed by atoms with Gasteiger partial charge in [-0.15, -0.1) is 0 Å². The maximum absolute atomic E-state index is 12.9. The highest BCUT2D eigenvalue weighted by Gasteiger charge is 2.27. The van der Waals surface area contributed by atoms with Crippen LogP contribution < -0.4 is 4.74 Å². The molecule has 0 aromatic heterocycles. The van der Waals surface area contributed by atoms with Gasteiger partial charge in [0.05, 0.1) is 0 Å². The Hall–Kier alpha value is -4.44. The molecular formula is C47H60O4. The Labute approximate surface area is 308 Å². The van der Waals surface area contributed by atoms with Crippen molar-refractivity contribution in [3.05, 3.63) is 147 Å². The predicted molar refractivity (Wildman–Crippen MR) is 215 cm³/mol. The van der Waals surface area contributed by atoms with E-state index in [0.29, 0.717) is 0 Å². The van der Waals surface area contributed by atoms with Crippen LogP contribution in [0.4, 0.5) is 0 Å². The van der Waals surface area contributed by atoms with Gasteiger partial charge < -0.3 is 9.47 Å². The molecule has 4 heteroatoms. The summed E-state index contributed by atoms with van der Waals surface area (Å²) in [7, 11) is 0. The van der Waals surface area contributed by atoms with Crippen LogP contribution in [0.1, 0.15) is 118 Å². The largest absolute Gasteiger partial charge is 0.458 e. The van der Waals surface area contributed by atoms with E-state index >= 15 is 0 Å². The Morgan fingerprint density at radius 3 is 1.75 bits per heavy atom. The molecule has 2 aliphatic carbocycles. The zero-order chi connectivity index (χ0) is 37.6. The third kappa shape index (κ3) is 13.3. The maximum Gasteiger partial charge on any atom is 0.342 e. The zero-order valence-electron chi connectivity index (χ0n) is 32.8. The molecule has 0 unspecified atom stereocenters. The van der Waals surface area contributed by atoms with Crippen LogP contribution in [0.15, 0.2) is 142 Å². The van der Waals surface area contributed by atoms with Crippen molar-refractivity contribution in [3.63, 3.8) is 0 Å². The fourth-order valence-electron chi connectivity index (χ4n) is 6.76. The molecule has 0 aliphatic heterocycles. The summed E-state index contributed by atoms with van der Waals surface area (Å²) < 4.78 is 11.1. The summed E-state index contributed by atoms with van der Waals surface area (Å²) in [6, 6.07) is 6.62. The van der Waals surface area contributed by atoms with Gasteiger partial charge in [-0.1, -0.05) is 128 Å². The Bertz CT molecular complexity index is 1740. The molecule has 0 spiro atoms. The molecule has 0 N–H and O–H groups in total. The fourth-order valence-corrected chi connectivity index (χ4v) is 6.76. The van der Waals surface area contributed by atoms with Crippen molar-refractivity contribution in [1.82, 2.24) is 0 Å². The normalized spacial score (nSPS) is 19.3. The molecule has 0 atom stereocenters. The molecule has 3 rings (SSSR count). The molecule has 4 nitrogen and oxygen atoms in total. The molecule has 0 saturated carbocycles. The van der Waals surface area contributed by atoms with E-state index in [1.165, 1.54) is 72.5 Å². The molecule has 0 amide bonds. The van der Waals surface area contributed by atoms with Gasteiger partial charge in [-0.3, -0.25) is 0 Å². The minimum atomic E-state index is -0.562. The lowest BCUT2D eigenvalue weighted by atomic mass is 9.72. The molecular weight excluding hydrogens is 629 g/mol. The van der Waals surface area contributed by atoms with Crippen molar-refractivity contribution in [2.75, 3.05) is 6.61 Å². The first kappa shape index (κ1) is 41.0. The summed E-state index contributed by atoms with van der Waals surface area (Å²) in [6.07, 6.45) is 31.3. The fraction of sp³-hybridized carbons (Fsp3) is 0.404. The minimum absolute atomic E-state index is 0.100. The van der Waals surface area contributed by atoms with Crippen molar-refractivity contribution in [2.24, 2.45) is 10.8 Å². The molecule has 0 heterocycles. The number of para-hydroxylation sites is 1. The summed E-state index contributed by atoms with van der Waals surface area (Å²) >= 11 is 0. The van der Waals surface area contributed by atoms with E-state index in [1.54, 1.807) is 24.3 Å². The van der Waals surface area contributed by atoms with E-state index in [9.17, 15) is 9.59 Å². The second kappa shape index (κ2) is 19.2. The summed E-state index contributed by atoms with van der Waals surface area (Å²) in [5.41, 5.74) is 10.5. The van der Waals surface area contributed by atoms with Crippen molar-refractivity contribution >= 4 is 11.9 Å². The van der Waals surface area contributed by atoms with E-state index in [2.05, 4.69) is 85.8 Å². The number of benzene rings is 1. The monoisotopic (exact) mass is 688 g/mol. The molecule has 1 aromatic rings. The zero-order valence-corrected chi connectivity index (χ0v) is 32.8. The third-order valence-electron chi connectivity index (χ3n) is 9.83. The van der Waals surface area contributed by atoms with Gasteiger partial charge in [-0.05, 0) is 126 Å². The lowest BCUT2D eigenvalue weighted by molar-refractivity contribution is -0.129. The summed E-state index contributed by atoms with van der Waals surface area (Å²) in [5.74, 6) is -0.957. The van der Waals surface area contributed by atoms with Crippen molar-refractivity contribution < 1.29 is 19.1 Å². The number of ether oxygens (including phenoxy) is 2. The average molecular weight is 689 g/mol. The summed E-state index contributed by atoms with van der Waals surface area (Å²) in [5, 5.41) is 0. The summed E-state index contributed by atoms with van der Waals surface area (Å²) in [6.45, 7) is 21.8. The number of carbonyl (C=O) groups excluding carboxylic acids is 2. The van der Waals surface area contributed by atoms with Crippen LogP contribution in [0.25, 0.3) is 0 Å². The number of allylic oxidation sites excluding steroid dienone is 18. The van der Waals surface area contributed by atoms with E-state index in [-0.39, 0.29) is 28.7 Å². The topological polar surface area (TPSA) is 52.6 Å². The van der Waals surface area contributed by atoms with E-state index in [4.69, 9.17) is 9.47 Å². The molecule has 0 bridgehead atoms. The first-order chi connectivity index (χ1) is 24.1. The number of carbonyl (C=O) groups is 2. The maximum atomic E-state index is 12.9. The lowest BCUT2D eigenvalue weighted by Gasteiger charge is -2.33. The Kier molecular flexibility index (Phi) is 15.5. The lowest BCUT2D eigenvalue weighted by Crippen LogP contribution is -2.19. The van der Waals surface area contributed by atoms with E-state index in [0.717, 1.165) is 16.7 Å². The van der Waals surface area contributed by atoms with Gasteiger partial charge in [0.1, 0.15) is 17.9 Å². The van der Waals surface area contributed by atoms with Gasteiger partial charge >= 0.3 is 11.9 Å². The average Bonchev–Trinajstić information content (AvgIpc) is 3.03. The van der Waals surface area contributed by atoms with Gasteiger partial charge in [0.25, 0.3) is 0 Å². The second-order valence-electron chi connectivity index (χ2n) is 15.4. The minimum Gasteiger partial charge on any atom is -0.458 e. The Morgan fingerprint density at radius 1 is 0.706 bits per heavy atom. The number of esters is 2. The molecule has 272 valence electrons. The van der Waals surface area contributed by atoms with Crippen molar-refractivity contribution in [1.29, 1.82) is 0 Å². The van der Waals surface area contributed by atoms with Crippen LogP contribution in [-0.2, 0) is 9.53 Å². The highest BCUT2D eigenvalue weighted by atomic mass is 16.5. The Balaban J connectivity index is 1.53. The van der Waals surface area contributed by atoms with Gasteiger partial charge in [0.15, 0.2) is 0 Å². The first-order valence-electron chi connectivity index (χ1n) is 18.4. The van der Waals surface area contributed by atoms with Crippen molar-refractivity contribution in [2.45, 2.75) is 108 Å². The van der Waals surface area contributed by atoms with Gasteiger partial charge in [0.2, 0.25) is 0 Å². The third-order valence-corrected chi connectivity index (χ3v) is 9.83. The number of hydrogen-bond acceptors (Lipinski definition) is 4.